The predicted molar refractivity (Wildman–Crippen MR) is 445 cm³/mol. The van der Waals surface area contributed by atoms with Crippen LogP contribution in [0.15, 0.2) is 170 Å². The maximum atomic E-state index is 13.0. The Morgan fingerprint density at radius 1 is 0.271 bits per heavy atom. The van der Waals surface area contributed by atoms with E-state index in [0.717, 1.165) is 161 Å². The number of rotatable bonds is 77. The molecule has 4 N–H and O–H groups in total. The first-order valence-electron chi connectivity index (χ1n) is 41.4. The number of phosphoric acid groups is 2. The molecule has 0 fully saturated rings. The van der Waals surface area contributed by atoms with E-state index >= 15 is 0 Å². The van der Waals surface area contributed by atoms with Gasteiger partial charge in [-0.15, -0.1) is 0 Å². The average Bonchev–Trinajstić information content (AvgIpc) is 0.909. The Labute approximate surface area is 650 Å². The molecule has 5 unspecified atom stereocenters. The SMILES string of the molecule is CC/C=C\C/C=C\C/C=C\C/C=C\C/C=C\CCCCCCCCCCCC(=O)OCC(COP(=O)(O)OCC(O)COP(=O)(O)OCC(O)COC(=O)CCCCCCCCCCCCC/C=C\C/C=C\C/C=C\C/C=C\CCCCC)OC(=O)CCCCC/C=C\C/C=C\C/C=C\C/C=C\C/C=C\CC. The zero-order chi connectivity index (χ0) is 78.0. The molecule has 0 aromatic rings. The number of hydrogen-bond acceptors (Lipinski definition) is 14. The fourth-order valence-electron chi connectivity index (χ4n) is 10.7. The summed E-state index contributed by atoms with van der Waals surface area (Å²) in [5.74, 6) is -1.63. The lowest BCUT2D eigenvalue weighted by molar-refractivity contribution is -0.161. The molecule has 0 aromatic heterocycles. The Morgan fingerprint density at radius 2 is 0.495 bits per heavy atom. The number of allylic oxidation sites excluding steroid dienone is 28. The summed E-state index contributed by atoms with van der Waals surface area (Å²) < 4.78 is 61.2. The molecule has 0 heterocycles. The summed E-state index contributed by atoms with van der Waals surface area (Å²) in [6, 6.07) is 0. The number of phosphoric ester groups is 2. The van der Waals surface area contributed by atoms with E-state index in [2.05, 4.69) is 191 Å². The summed E-state index contributed by atoms with van der Waals surface area (Å²) in [7, 11) is -9.82. The van der Waals surface area contributed by atoms with Gasteiger partial charge in [-0.2, -0.15) is 0 Å². The Morgan fingerprint density at radius 3 is 0.794 bits per heavy atom. The van der Waals surface area contributed by atoms with Gasteiger partial charge in [0.2, 0.25) is 0 Å². The third kappa shape index (κ3) is 81.7. The van der Waals surface area contributed by atoms with Crippen LogP contribution in [0.4, 0.5) is 0 Å². The Balaban J connectivity index is 4.67. The molecule has 0 aliphatic rings. The molecule has 0 spiro atoms. The van der Waals surface area contributed by atoms with Crippen LogP contribution >= 0.6 is 15.6 Å². The molecular weight excluding hydrogens is 1390 g/mol. The van der Waals surface area contributed by atoms with E-state index in [0.29, 0.717) is 19.3 Å². The van der Waals surface area contributed by atoms with E-state index in [9.17, 15) is 43.5 Å². The van der Waals surface area contributed by atoms with Gasteiger partial charge in [-0.3, -0.25) is 32.5 Å². The van der Waals surface area contributed by atoms with Crippen molar-refractivity contribution >= 4 is 33.6 Å². The minimum Gasteiger partial charge on any atom is -0.463 e. The highest BCUT2D eigenvalue weighted by Gasteiger charge is 2.29. The number of esters is 3. The van der Waals surface area contributed by atoms with Crippen LogP contribution in [0.5, 0.6) is 0 Å². The minimum absolute atomic E-state index is 0.0580. The third-order valence-corrected chi connectivity index (χ3v) is 18.8. The highest BCUT2D eigenvalue weighted by Crippen LogP contribution is 2.45. The van der Waals surface area contributed by atoms with Crippen molar-refractivity contribution in [3.05, 3.63) is 170 Å². The van der Waals surface area contributed by atoms with Crippen molar-refractivity contribution in [2.24, 2.45) is 0 Å². The number of hydrogen-bond donors (Lipinski definition) is 4. The zero-order valence-corrected chi connectivity index (χ0v) is 68.5. The van der Waals surface area contributed by atoms with Crippen molar-refractivity contribution in [2.75, 3.05) is 39.6 Å². The van der Waals surface area contributed by atoms with Crippen LogP contribution in [0.3, 0.4) is 0 Å². The maximum absolute atomic E-state index is 13.0. The van der Waals surface area contributed by atoms with E-state index in [1.54, 1.807) is 0 Å². The highest BCUT2D eigenvalue weighted by molar-refractivity contribution is 7.47. The fraction of sp³-hybridized carbons (Fsp3) is 0.652. The summed E-state index contributed by atoms with van der Waals surface area (Å²) in [6.07, 6.45) is 102. The number of aliphatic hydroxyl groups excluding tert-OH is 2. The monoisotopic (exact) mass is 1540 g/mol. The molecule has 0 radical (unpaired) electrons. The lowest BCUT2D eigenvalue weighted by Gasteiger charge is -2.21. The van der Waals surface area contributed by atoms with Crippen molar-refractivity contribution in [1.82, 2.24) is 0 Å². The molecule has 610 valence electrons. The molecule has 107 heavy (non-hydrogen) atoms. The third-order valence-electron chi connectivity index (χ3n) is 16.9. The van der Waals surface area contributed by atoms with Crippen LogP contribution < -0.4 is 0 Å². The van der Waals surface area contributed by atoms with E-state index in [-0.39, 0.29) is 19.3 Å². The lowest BCUT2D eigenvalue weighted by atomic mass is 10.0. The van der Waals surface area contributed by atoms with Gasteiger partial charge in [-0.1, -0.05) is 313 Å². The van der Waals surface area contributed by atoms with Gasteiger partial charge >= 0.3 is 33.6 Å². The molecule has 0 bridgehead atoms. The second-order valence-corrected chi connectivity index (χ2v) is 30.1. The van der Waals surface area contributed by atoms with Crippen LogP contribution in [-0.4, -0.2) is 95.9 Å². The average molecular weight is 1540 g/mol. The Kier molecular flexibility index (Phi) is 76.6. The van der Waals surface area contributed by atoms with Crippen LogP contribution in [-0.2, 0) is 55.8 Å². The van der Waals surface area contributed by atoms with Gasteiger partial charge in [0.25, 0.3) is 0 Å². The molecule has 0 rings (SSSR count). The van der Waals surface area contributed by atoms with Gasteiger partial charge in [0.15, 0.2) is 6.10 Å². The van der Waals surface area contributed by atoms with Crippen molar-refractivity contribution in [2.45, 2.75) is 334 Å². The summed E-state index contributed by atoms with van der Waals surface area (Å²) in [5, 5.41) is 20.7. The standard InChI is InChI=1S/C89H148O16P2/c1-4-7-10-13-16-19-22-25-28-31-34-36-38-40-41-43-45-46-49-51-54-57-60-63-66-69-72-75-87(92)99-78-84(90)79-101-106(95,96)102-80-85(91)81-103-107(97,98)104-83-86(105-89(94)77-74-71-68-65-62-59-56-53-48-33-30-27-24-21-18-15-12-9-6-3)82-100-88(93)76-73-70-67-64-61-58-55-52-50-47-44-42-39-37-35-32-29-26-23-20-17-14-11-8-5-2/h8-9,11-12,16-21,25-30,34-37,40-42,44,48,53,59,62,84-86,90-91H,4-7,10,13-15,22-24,31-33,38-39,43,45-47,49-52,54-58,60-61,63-83H2,1-3H3,(H,95,96)(H,97,98)/b11-8-,12-9-,19-16-,20-17-,21-18-,28-25-,29-26-,30-27-,36-34-,37-35-,41-40-,44-42-,53-48-,62-59-. The van der Waals surface area contributed by atoms with Crippen molar-refractivity contribution < 1.29 is 75.8 Å². The maximum Gasteiger partial charge on any atom is 0.472 e. The number of carbonyl (C=O) groups is 3. The Bertz CT molecular complexity index is 2620. The smallest absolute Gasteiger partial charge is 0.463 e. The molecule has 0 amide bonds. The van der Waals surface area contributed by atoms with Crippen LogP contribution in [0.1, 0.15) is 316 Å². The second kappa shape index (κ2) is 80.4. The molecule has 0 saturated carbocycles. The molecule has 0 aliphatic carbocycles. The van der Waals surface area contributed by atoms with Crippen molar-refractivity contribution in [1.29, 1.82) is 0 Å². The molecule has 5 atom stereocenters. The van der Waals surface area contributed by atoms with Crippen LogP contribution in [0.25, 0.3) is 0 Å². The molecular formula is C89H148O16P2. The van der Waals surface area contributed by atoms with Gasteiger partial charge in [-0.25, -0.2) is 9.13 Å². The topological polar surface area (TPSA) is 231 Å². The van der Waals surface area contributed by atoms with Gasteiger partial charge in [-0.05, 0) is 154 Å². The summed E-state index contributed by atoms with van der Waals surface area (Å²) in [6.45, 7) is 2.38. The zero-order valence-electron chi connectivity index (χ0n) is 66.7. The van der Waals surface area contributed by atoms with Crippen LogP contribution in [0.2, 0.25) is 0 Å². The molecule has 0 aliphatic heterocycles. The molecule has 0 saturated heterocycles. The van der Waals surface area contributed by atoms with E-state index in [4.69, 9.17) is 32.3 Å². The fourth-order valence-corrected chi connectivity index (χ4v) is 12.3. The van der Waals surface area contributed by atoms with E-state index in [1.165, 1.54) is 96.3 Å². The van der Waals surface area contributed by atoms with E-state index < -0.39 is 91.5 Å². The first kappa shape index (κ1) is 102. The van der Waals surface area contributed by atoms with Crippen LogP contribution in [0, 0.1) is 0 Å². The van der Waals surface area contributed by atoms with Crippen molar-refractivity contribution in [3.8, 4) is 0 Å². The molecule has 16 nitrogen and oxygen atoms in total. The second-order valence-electron chi connectivity index (χ2n) is 27.2. The molecule has 18 heteroatoms. The normalized spacial score (nSPS) is 14.8. The number of carbonyl (C=O) groups excluding carboxylic acids is 3. The highest BCUT2D eigenvalue weighted by atomic mass is 31.2. The quantitative estimate of drug-likeness (QED) is 0.0146. The summed E-state index contributed by atoms with van der Waals surface area (Å²) in [5.41, 5.74) is 0. The minimum atomic E-state index is -4.95. The largest absolute Gasteiger partial charge is 0.472 e. The first-order chi connectivity index (χ1) is 52.2. The first-order valence-corrected chi connectivity index (χ1v) is 44.4. The van der Waals surface area contributed by atoms with Gasteiger partial charge in [0.05, 0.1) is 26.4 Å². The van der Waals surface area contributed by atoms with Gasteiger partial charge in [0.1, 0.15) is 25.4 Å². The number of ether oxygens (including phenoxy) is 3. The lowest BCUT2D eigenvalue weighted by Crippen LogP contribution is -2.30. The van der Waals surface area contributed by atoms with Crippen molar-refractivity contribution in [3.63, 3.8) is 0 Å². The van der Waals surface area contributed by atoms with E-state index in [1.807, 2.05) is 0 Å². The van der Waals surface area contributed by atoms with Gasteiger partial charge in [0, 0.05) is 19.3 Å². The predicted octanol–water partition coefficient (Wildman–Crippen LogP) is 24.8. The number of aliphatic hydroxyl groups is 2. The summed E-state index contributed by atoms with van der Waals surface area (Å²) >= 11 is 0. The Hall–Kier alpha value is -5.09. The summed E-state index contributed by atoms with van der Waals surface area (Å²) in [4.78, 5) is 58.8. The number of unbranched alkanes of at least 4 members (excludes halogenated alkanes) is 26. The molecule has 0 aromatic carbocycles. The van der Waals surface area contributed by atoms with Gasteiger partial charge < -0.3 is 34.2 Å².